The zero-order chi connectivity index (χ0) is 19.9. The third-order valence-corrected chi connectivity index (χ3v) is 5.92. The maximum Gasteiger partial charge on any atom is 0.242 e. The van der Waals surface area contributed by atoms with E-state index in [-0.39, 0.29) is 6.42 Å². The molecule has 1 atom stereocenters. The van der Waals surface area contributed by atoms with E-state index in [1.165, 1.54) is 7.11 Å². The molecule has 0 fully saturated rings. The first kappa shape index (κ1) is 20.4. The molecule has 2 aromatic carbocycles. The molecule has 0 saturated heterocycles. The van der Waals surface area contributed by atoms with Crippen molar-refractivity contribution in [3.63, 3.8) is 0 Å². The number of methoxy groups -OCH3 is 1. The standard InChI is InChI=1S/C19H22N2O5S/c1-3-17(19(23)21-14-7-5-4-6-8-14)27(24,25)13-18(22)20-15-9-11-16(26-2)12-10-15/h4-12,17H,3,13H2,1-2H3,(H,20,22)(H,21,23). The van der Waals surface area contributed by atoms with Crippen molar-refractivity contribution < 1.29 is 22.7 Å². The lowest BCUT2D eigenvalue weighted by molar-refractivity contribution is -0.115. The van der Waals surface area contributed by atoms with Crippen LogP contribution in [-0.2, 0) is 19.4 Å². The lowest BCUT2D eigenvalue weighted by atomic mass is 10.3. The van der Waals surface area contributed by atoms with Crippen LogP contribution in [0.2, 0.25) is 0 Å². The molecule has 144 valence electrons. The van der Waals surface area contributed by atoms with Gasteiger partial charge in [0.25, 0.3) is 0 Å². The van der Waals surface area contributed by atoms with Gasteiger partial charge in [0.05, 0.1) is 7.11 Å². The number of carbonyl (C=O) groups excluding carboxylic acids is 2. The highest BCUT2D eigenvalue weighted by atomic mass is 32.2. The molecule has 2 amide bonds. The summed E-state index contributed by atoms with van der Waals surface area (Å²) in [6.07, 6.45) is 0.0663. The van der Waals surface area contributed by atoms with Gasteiger partial charge in [-0.1, -0.05) is 25.1 Å². The van der Waals surface area contributed by atoms with Crippen molar-refractivity contribution in [2.24, 2.45) is 0 Å². The first-order chi connectivity index (χ1) is 12.9. The molecule has 0 saturated carbocycles. The fourth-order valence-corrected chi connectivity index (χ4v) is 4.03. The minimum absolute atomic E-state index is 0.0663. The number of benzene rings is 2. The topological polar surface area (TPSA) is 102 Å². The van der Waals surface area contributed by atoms with E-state index < -0.39 is 32.7 Å². The Hall–Kier alpha value is -2.87. The van der Waals surface area contributed by atoms with Crippen LogP contribution in [0.3, 0.4) is 0 Å². The number of hydrogen-bond acceptors (Lipinski definition) is 5. The van der Waals surface area contributed by atoms with Crippen LogP contribution in [0.25, 0.3) is 0 Å². The molecule has 1 unspecified atom stereocenters. The molecular formula is C19H22N2O5S. The van der Waals surface area contributed by atoms with Crippen LogP contribution in [0.5, 0.6) is 5.75 Å². The van der Waals surface area contributed by atoms with Gasteiger partial charge in [0.2, 0.25) is 11.8 Å². The summed E-state index contributed by atoms with van der Waals surface area (Å²) in [6, 6.07) is 15.1. The summed E-state index contributed by atoms with van der Waals surface area (Å²) in [4.78, 5) is 24.5. The van der Waals surface area contributed by atoms with Crippen molar-refractivity contribution >= 4 is 33.0 Å². The van der Waals surface area contributed by atoms with Crippen LogP contribution in [0.1, 0.15) is 13.3 Å². The van der Waals surface area contributed by atoms with E-state index in [4.69, 9.17) is 4.74 Å². The second-order valence-electron chi connectivity index (χ2n) is 5.84. The molecule has 2 N–H and O–H groups in total. The van der Waals surface area contributed by atoms with Gasteiger partial charge in [0.15, 0.2) is 9.84 Å². The number of ether oxygens (including phenoxy) is 1. The zero-order valence-corrected chi connectivity index (χ0v) is 16.0. The highest BCUT2D eigenvalue weighted by Crippen LogP contribution is 2.16. The van der Waals surface area contributed by atoms with Gasteiger partial charge in [-0.3, -0.25) is 9.59 Å². The molecular weight excluding hydrogens is 368 g/mol. The first-order valence-corrected chi connectivity index (χ1v) is 10.1. The van der Waals surface area contributed by atoms with Gasteiger partial charge < -0.3 is 15.4 Å². The Morgan fingerprint density at radius 3 is 2.11 bits per heavy atom. The zero-order valence-electron chi connectivity index (χ0n) is 15.1. The molecule has 2 aromatic rings. The molecule has 0 aromatic heterocycles. The molecule has 0 aliphatic rings. The monoisotopic (exact) mass is 390 g/mol. The lowest BCUT2D eigenvalue weighted by Gasteiger charge is -2.16. The van der Waals surface area contributed by atoms with E-state index in [0.717, 1.165) is 0 Å². The Bertz CT molecular complexity index is 880. The number of hydrogen-bond donors (Lipinski definition) is 2. The molecule has 0 aliphatic heterocycles. The molecule has 27 heavy (non-hydrogen) atoms. The number of rotatable bonds is 8. The Morgan fingerprint density at radius 2 is 1.56 bits per heavy atom. The van der Waals surface area contributed by atoms with Crippen LogP contribution in [0, 0.1) is 0 Å². The van der Waals surface area contributed by atoms with Gasteiger partial charge in [-0.05, 0) is 42.8 Å². The predicted octanol–water partition coefficient (Wildman–Crippen LogP) is 2.47. The SMILES string of the molecule is CCC(C(=O)Nc1ccccc1)S(=O)(=O)CC(=O)Nc1ccc(OC)cc1. The normalized spacial score (nSPS) is 12.1. The van der Waals surface area contributed by atoms with E-state index in [2.05, 4.69) is 10.6 Å². The summed E-state index contributed by atoms with van der Waals surface area (Å²) in [5.41, 5.74) is 0.941. The minimum atomic E-state index is -3.97. The molecule has 7 nitrogen and oxygen atoms in total. The third kappa shape index (κ3) is 5.82. The van der Waals surface area contributed by atoms with Gasteiger partial charge in [-0.15, -0.1) is 0 Å². The van der Waals surface area contributed by atoms with Crippen LogP contribution in [-0.4, -0.2) is 38.3 Å². The summed E-state index contributed by atoms with van der Waals surface area (Å²) in [5.74, 6) is -1.52. The third-order valence-electron chi connectivity index (χ3n) is 3.84. The number of amides is 2. The minimum Gasteiger partial charge on any atom is -0.497 e. The number of para-hydroxylation sites is 1. The van der Waals surface area contributed by atoms with E-state index in [9.17, 15) is 18.0 Å². The summed E-state index contributed by atoms with van der Waals surface area (Å²) in [7, 11) is -2.45. The number of anilines is 2. The van der Waals surface area contributed by atoms with E-state index in [1.54, 1.807) is 61.5 Å². The smallest absolute Gasteiger partial charge is 0.242 e. The largest absolute Gasteiger partial charge is 0.497 e. The van der Waals surface area contributed by atoms with Gasteiger partial charge >= 0.3 is 0 Å². The van der Waals surface area contributed by atoms with Gasteiger partial charge in [0, 0.05) is 11.4 Å². The second-order valence-corrected chi connectivity index (χ2v) is 8.02. The van der Waals surface area contributed by atoms with Gasteiger partial charge in [0.1, 0.15) is 16.8 Å². The number of sulfone groups is 1. The van der Waals surface area contributed by atoms with E-state index in [1.807, 2.05) is 0 Å². The summed E-state index contributed by atoms with van der Waals surface area (Å²) >= 11 is 0. The van der Waals surface area contributed by atoms with Gasteiger partial charge in [-0.25, -0.2) is 8.42 Å². The first-order valence-electron chi connectivity index (χ1n) is 8.37. The van der Waals surface area contributed by atoms with Crippen LogP contribution < -0.4 is 15.4 Å². The molecule has 2 rings (SSSR count). The maximum absolute atomic E-state index is 12.6. The Balaban J connectivity index is 2.03. The quantitative estimate of drug-likeness (QED) is 0.721. The van der Waals surface area contributed by atoms with Crippen LogP contribution in [0.4, 0.5) is 11.4 Å². The van der Waals surface area contributed by atoms with Crippen LogP contribution in [0.15, 0.2) is 54.6 Å². The summed E-state index contributed by atoms with van der Waals surface area (Å²) in [5, 5.41) is 3.78. The van der Waals surface area contributed by atoms with E-state index >= 15 is 0 Å². The van der Waals surface area contributed by atoms with Crippen molar-refractivity contribution in [1.29, 1.82) is 0 Å². The second kappa shape index (κ2) is 9.18. The maximum atomic E-state index is 12.6. The summed E-state index contributed by atoms with van der Waals surface area (Å²) < 4.78 is 30.1. The highest BCUT2D eigenvalue weighted by molar-refractivity contribution is 7.93. The molecule has 8 heteroatoms. The number of carbonyl (C=O) groups is 2. The van der Waals surface area contributed by atoms with Crippen LogP contribution >= 0.6 is 0 Å². The Kier molecular flexibility index (Phi) is 6.95. The van der Waals surface area contributed by atoms with Gasteiger partial charge in [-0.2, -0.15) is 0 Å². The summed E-state index contributed by atoms with van der Waals surface area (Å²) in [6.45, 7) is 1.59. The molecule has 0 heterocycles. The highest BCUT2D eigenvalue weighted by Gasteiger charge is 2.33. The average molecular weight is 390 g/mol. The number of nitrogens with one attached hydrogen (secondary N) is 2. The van der Waals surface area contributed by atoms with Crippen molar-refractivity contribution in [1.82, 2.24) is 0 Å². The molecule has 0 spiro atoms. The van der Waals surface area contributed by atoms with E-state index in [0.29, 0.717) is 17.1 Å². The van der Waals surface area contributed by atoms with Crippen molar-refractivity contribution in [2.75, 3.05) is 23.5 Å². The Labute approximate surface area is 158 Å². The molecule has 0 radical (unpaired) electrons. The van der Waals surface area contributed by atoms with Crippen molar-refractivity contribution in [2.45, 2.75) is 18.6 Å². The molecule has 0 aliphatic carbocycles. The average Bonchev–Trinajstić information content (AvgIpc) is 2.63. The molecule has 0 bridgehead atoms. The van der Waals surface area contributed by atoms with Crippen molar-refractivity contribution in [3.8, 4) is 5.75 Å². The fraction of sp³-hybridized carbons (Fsp3) is 0.263. The predicted molar refractivity (Wildman–Crippen MR) is 105 cm³/mol. The Morgan fingerprint density at radius 1 is 0.963 bits per heavy atom. The van der Waals surface area contributed by atoms with Crippen molar-refractivity contribution in [3.05, 3.63) is 54.6 Å². The lowest BCUT2D eigenvalue weighted by Crippen LogP contribution is -2.39. The fourth-order valence-electron chi connectivity index (χ4n) is 2.50.